The number of ether oxygens (including phenoxy) is 1. The fourth-order valence-corrected chi connectivity index (χ4v) is 2.17. The van der Waals surface area contributed by atoms with Gasteiger partial charge in [-0.3, -0.25) is 14.9 Å². The molecule has 8 heteroatoms. The van der Waals surface area contributed by atoms with Gasteiger partial charge in [-0.15, -0.1) is 0 Å². The first-order valence-electron chi connectivity index (χ1n) is 7.49. The lowest BCUT2D eigenvalue weighted by molar-refractivity contribution is -0.384. The monoisotopic (exact) mass is 364 g/mol. The van der Waals surface area contributed by atoms with E-state index in [0.717, 1.165) is 0 Å². The number of aliphatic hydroxyl groups is 1. The van der Waals surface area contributed by atoms with Crippen molar-refractivity contribution in [2.75, 3.05) is 6.54 Å². The van der Waals surface area contributed by atoms with Gasteiger partial charge in [-0.25, -0.2) is 0 Å². The summed E-state index contributed by atoms with van der Waals surface area (Å²) in [5, 5.41) is 23.8. The second-order valence-electron chi connectivity index (χ2n) is 5.32. The Morgan fingerprint density at radius 1 is 1.24 bits per heavy atom. The largest absolute Gasteiger partial charge is 0.481 e. The van der Waals surface area contributed by atoms with Crippen molar-refractivity contribution in [3.63, 3.8) is 0 Å². The zero-order chi connectivity index (χ0) is 18.4. The molecule has 132 valence electrons. The minimum absolute atomic E-state index is 0.0367. The Balaban J connectivity index is 1.85. The van der Waals surface area contributed by atoms with Crippen molar-refractivity contribution in [3.8, 4) is 5.75 Å². The highest BCUT2D eigenvalue weighted by Crippen LogP contribution is 2.18. The Kier molecular flexibility index (Phi) is 6.32. The van der Waals surface area contributed by atoms with Gasteiger partial charge < -0.3 is 15.2 Å². The van der Waals surface area contributed by atoms with Crippen LogP contribution in [0.2, 0.25) is 5.02 Å². The van der Waals surface area contributed by atoms with Gasteiger partial charge in [-0.05, 0) is 48.9 Å². The van der Waals surface area contributed by atoms with Gasteiger partial charge in [0.25, 0.3) is 11.6 Å². The molecule has 0 fully saturated rings. The van der Waals surface area contributed by atoms with Gasteiger partial charge in [0.05, 0.1) is 11.0 Å². The number of amides is 1. The summed E-state index contributed by atoms with van der Waals surface area (Å²) < 4.78 is 5.48. The number of hydrogen-bond acceptors (Lipinski definition) is 5. The number of non-ortho nitro benzene ring substituents is 1. The molecule has 0 unspecified atom stereocenters. The summed E-state index contributed by atoms with van der Waals surface area (Å²) in [6, 6.07) is 12.1. The summed E-state index contributed by atoms with van der Waals surface area (Å²) in [5.74, 6) is 0.110. The molecule has 0 aliphatic rings. The van der Waals surface area contributed by atoms with Crippen LogP contribution in [-0.2, 0) is 4.79 Å². The van der Waals surface area contributed by atoms with E-state index in [0.29, 0.717) is 16.3 Å². The Hall–Kier alpha value is -2.64. The number of nitrogens with one attached hydrogen (secondary N) is 1. The minimum atomic E-state index is -0.979. The molecule has 0 spiro atoms. The third-order valence-electron chi connectivity index (χ3n) is 3.45. The van der Waals surface area contributed by atoms with Crippen LogP contribution in [0.3, 0.4) is 0 Å². The van der Waals surface area contributed by atoms with Crippen molar-refractivity contribution in [2.24, 2.45) is 0 Å². The van der Waals surface area contributed by atoms with Crippen LogP contribution in [0.25, 0.3) is 0 Å². The number of halogens is 1. The number of nitrogens with zero attached hydrogens (tertiary/aromatic N) is 1. The molecule has 2 aromatic rings. The number of carbonyl (C=O) groups excluding carboxylic acids is 1. The van der Waals surface area contributed by atoms with Gasteiger partial charge in [0.15, 0.2) is 6.10 Å². The third-order valence-corrected chi connectivity index (χ3v) is 3.71. The maximum atomic E-state index is 12.0. The molecule has 1 amide bonds. The fraction of sp³-hybridized carbons (Fsp3) is 0.235. The first-order valence-corrected chi connectivity index (χ1v) is 7.87. The van der Waals surface area contributed by atoms with Crippen molar-refractivity contribution < 1.29 is 19.6 Å². The summed E-state index contributed by atoms with van der Waals surface area (Å²) in [7, 11) is 0. The van der Waals surface area contributed by atoms with E-state index in [1.807, 2.05) is 0 Å². The standard InChI is InChI=1S/C17H17ClN2O5/c1-11(25-15-8-4-13(18)5-9-15)17(22)19-10-16(21)12-2-6-14(7-3-12)20(23)24/h2-9,11,16,21H,10H2,1H3,(H,19,22)/t11-,16+/m0/s1. The van der Waals surface area contributed by atoms with E-state index in [9.17, 15) is 20.0 Å². The van der Waals surface area contributed by atoms with Gasteiger partial charge in [-0.1, -0.05) is 11.6 Å². The Labute approximate surface area is 149 Å². The maximum Gasteiger partial charge on any atom is 0.269 e. The average Bonchev–Trinajstić information content (AvgIpc) is 2.61. The lowest BCUT2D eigenvalue weighted by Crippen LogP contribution is -2.38. The summed E-state index contributed by atoms with van der Waals surface area (Å²) in [6.45, 7) is 1.55. The summed E-state index contributed by atoms with van der Waals surface area (Å²) in [6.07, 6.45) is -1.74. The first kappa shape index (κ1) is 18.7. The molecule has 0 saturated carbocycles. The topological polar surface area (TPSA) is 102 Å². The smallest absolute Gasteiger partial charge is 0.269 e. The lowest BCUT2D eigenvalue weighted by Gasteiger charge is -2.17. The summed E-state index contributed by atoms with van der Waals surface area (Å²) in [5.41, 5.74) is 0.405. The van der Waals surface area contributed by atoms with Gasteiger partial charge >= 0.3 is 0 Å². The zero-order valence-electron chi connectivity index (χ0n) is 13.4. The number of nitro benzene ring substituents is 1. The van der Waals surface area contributed by atoms with E-state index < -0.39 is 23.0 Å². The third kappa shape index (κ3) is 5.44. The van der Waals surface area contributed by atoms with Gasteiger partial charge in [0, 0.05) is 23.7 Å². The molecule has 2 N–H and O–H groups in total. The molecule has 2 aromatic carbocycles. The normalized spacial score (nSPS) is 12.9. The molecule has 0 aliphatic heterocycles. The van der Waals surface area contributed by atoms with Gasteiger partial charge in [-0.2, -0.15) is 0 Å². The Bertz CT molecular complexity index is 734. The highest BCUT2D eigenvalue weighted by molar-refractivity contribution is 6.30. The highest BCUT2D eigenvalue weighted by Gasteiger charge is 2.17. The molecule has 2 atom stereocenters. The second kappa shape index (κ2) is 8.46. The molecule has 25 heavy (non-hydrogen) atoms. The summed E-state index contributed by atoms with van der Waals surface area (Å²) >= 11 is 5.78. The van der Waals surface area contributed by atoms with Crippen LogP contribution >= 0.6 is 11.6 Å². The average molecular weight is 365 g/mol. The molecule has 0 bridgehead atoms. The van der Waals surface area contributed by atoms with Crippen LogP contribution in [0.1, 0.15) is 18.6 Å². The van der Waals surface area contributed by atoms with E-state index in [-0.39, 0.29) is 12.2 Å². The second-order valence-corrected chi connectivity index (χ2v) is 5.76. The Morgan fingerprint density at radius 3 is 2.40 bits per heavy atom. The van der Waals surface area contributed by atoms with Gasteiger partial charge in [0.2, 0.25) is 0 Å². The van der Waals surface area contributed by atoms with E-state index >= 15 is 0 Å². The number of hydrogen-bond donors (Lipinski definition) is 2. The van der Waals surface area contributed by atoms with E-state index in [1.54, 1.807) is 31.2 Å². The van der Waals surface area contributed by atoms with E-state index in [1.165, 1.54) is 24.3 Å². The number of rotatable bonds is 7. The minimum Gasteiger partial charge on any atom is -0.481 e. The van der Waals surface area contributed by atoms with Crippen molar-refractivity contribution in [3.05, 3.63) is 69.2 Å². The molecule has 0 heterocycles. The van der Waals surface area contributed by atoms with Crippen LogP contribution in [0, 0.1) is 10.1 Å². The number of nitro groups is 1. The molecular formula is C17H17ClN2O5. The van der Waals surface area contributed by atoms with Crippen molar-refractivity contribution in [1.82, 2.24) is 5.32 Å². The van der Waals surface area contributed by atoms with Crippen molar-refractivity contribution in [1.29, 1.82) is 0 Å². The molecular weight excluding hydrogens is 348 g/mol. The lowest BCUT2D eigenvalue weighted by atomic mass is 10.1. The van der Waals surface area contributed by atoms with Crippen molar-refractivity contribution >= 4 is 23.2 Å². The quantitative estimate of drug-likeness (QED) is 0.581. The predicted molar refractivity (Wildman–Crippen MR) is 92.6 cm³/mol. The van der Waals surface area contributed by atoms with Gasteiger partial charge in [0.1, 0.15) is 5.75 Å². The SMILES string of the molecule is C[C@H](Oc1ccc(Cl)cc1)C(=O)NC[C@@H](O)c1ccc([N+](=O)[O-])cc1. The number of aliphatic hydroxyl groups excluding tert-OH is 1. The fourth-order valence-electron chi connectivity index (χ4n) is 2.05. The molecule has 0 saturated heterocycles. The van der Waals surface area contributed by atoms with Crippen LogP contribution in [-0.4, -0.2) is 28.6 Å². The molecule has 0 aliphatic carbocycles. The summed E-state index contributed by atoms with van der Waals surface area (Å²) in [4.78, 5) is 22.1. The molecule has 0 radical (unpaired) electrons. The number of carbonyl (C=O) groups is 1. The number of benzene rings is 2. The zero-order valence-corrected chi connectivity index (χ0v) is 14.1. The maximum absolute atomic E-state index is 12.0. The van der Waals surface area contributed by atoms with E-state index in [4.69, 9.17) is 16.3 Å². The molecule has 2 rings (SSSR count). The van der Waals surface area contributed by atoms with Crippen LogP contribution < -0.4 is 10.1 Å². The van der Waals surface area contributed by atoms with Crippen molar-refractivity contribution in [2.45, 2.75) is 19.1 Å². The molecule has 7 nitrogen and oxygen atoms in total. The first-order chi connectivity index (χ1) is 11.9. The van der Waals surface area contributed by atoms with Crippen LogP contribution in [0.4, 0.5) is 5.69 Å². The highest BCUT2D eigenvalue weighted by atomic mass is 35.5. The van der Waals surface area contributed by atoms with Crippen LogP contribution in [0.5, 0.6) is 5.75 Å². The molecule has 0 aromatic heterocycles. The Morgan fingerprint density at radius 2 is 1.84 bits per heavy atom. The van der Waals surface area contributed by atoms with E-state index in [2.05, 4.69) is 5.32 Å². The predicted octanol–water partition coefficient (Wildman–Crippen LogP) is 2.87. The van der Waals surface area contributed by atoms with Crippen LogP contribution in [0.15, 0.2) is 48.5 Å².